The maximum atomic E-state index is 6.64. The van der Waals surface area contributed by atoms with Gasteiger partial charge in [-0.2, -0.15) is 0 Å². The van der Waals surface area contributed by atoms with Crippen molar-refractivity contribution in [1.29, 1.82) is 0 Å². The van der Waals surface area contributed by atoms with Crippen LogP contribution in [-0.2, 0) is 20.1 Å². The van der Waals surface area contributed by atoms with Crippen LogP contribution < -0.4 is 0 Å². The molecule has 1 radical (unpaired) electrons. The molecule has 0 atom stereocenters. The van der Waals surface area contributed by atoms with Gasteiger partial charge in [-0.25, -0.2) is 0 Å². The van der Waals surface area contributed by atoms with Gasteiger partial charge in [0, 0.05) is 65.3 Å². The number of hydrogen-bond acceptors (Lipinski definition) is 3. The number of nitrogens with zero attached hydrogens (tertiary/aromatic N) is 3. The molecule has 0 aliphatic heterocycles. The molecule has 0 aliphatic rings. The zero-order chi connectivity index (χ0) is 33.3. The fraction of sp³-hybridized carbons (Fsp3) is 0. The third-order valence-corrected chi connectivity index (χ3v) is 9.00. The molecule has 245 valence electrons. The number of rotatable bonds is 4. The predicted molar refractivity (Wildman–Crippen MR) is 204 cm³/mol. The molecule has 4 nitrogen and oxygen atoms in total. The molecule has 0 fully saturated rings. The summed E-state index contributed by atoms with van der Waals surface area (Å²) in [4.78, 5) is 8.91. The Labute approximate surface area is 309 Å². The van der Waals surface area contributed by atoms with E-state index in [9.17, 15) is 0 Å². The number of para-hydroxylation sites is 3. The van der Waals surface area contributed by atoms with E-state index in [1.54, 1.807) is 6.20 Å². The molecule has 0 amide bonds. The first-order chi connectivity index (χ1) is 24.8. The van der Waals surface area contributed by atoms with Crippen molar-refractivity contribution >= 4 is 43.7 Å². The first-order valence-electron chi connectivity index (χ1n) is 16.6. The summed E-state index contributed by atoms with van der Waals surface area (Å²) in [5.41, 5.74) is 11.1. The second-order valence-corrected chi connectivity index (χ2v) is 12.0. The minimum Gasteiger partial charge on any atom is -0.455 e. The topological polar surface area (TPSA) is 43.9 Å². The van der Waals surface area contributed by atoms with Gasteiger partial charge in [0.15, 0.2) is 0 Å². The van der Waals surface area contributed by atoms with Crippen molar-refractivity contribution < 1.29 is 24.5 Å². The van der Waals surface area contributed by atoms with Crippen LogP contribution in [0.1, 0.15) is 0 Å². The summed E-state index contributed by atoms with van der Waals surface area (Å²) in [6.07, 6.45) is 3.67. The van der Waals surface area contributed by atoms with Crippen LogP contribution in [0.3, 0.4) is 0 Å². The Morgan fingerprint density at radius 2 is 1.18 bits per heavy atom. The summed E-state index contributed by atoms with van der Waals surface area (Å²) in [6, 6.07) is 62.1. The van der Waals surface area contributed by atoms with Gasteiger partial charge in [0.2, 0.25) is 0 Å². The SMILES string of the molecule is [Ir].[c-]1ccccc1-c1cc(-c2c3oc4ccccc4c3cc3c4ccccc4n(-c4ccccc4)c23)ccn1.[c-]1ccccc1-c1ccccn1. The Kier molecular flexibility index (Phi) is 8.81. The van der Waals surface area contributed by atoms with Gasteiger partial charge >= 0.3 is 0 Å². The van der Waals surface area contributed by atoms with Crippen LogP contribution in [0.25, 0.3) is 83.1 Å². The van der Waals surface area contributed by atoms with Crippen LogP contribution in [-0.4, -0.2) is 14.5 Å². The van der Waals surface area contributed by atoms with Gasteiger partial charge in [-0.1, -0.05) is 72.8 Å². The van der Waals surface area contributed by atoms with Crippen LogP contribution in [0.4, 0.5) is 0 Å². The Balaban J connectivity index is 0.000000245. The molecule has 0 spiro atoms. The molecule has 51 heavy (non-hydrogen) atoms. The summed E-state index contributed by atoms with van der Waals surface area (Å²) in [5.74, 6) is 0. The van der Waals surface area contributed by atoms with E-state index in [1.165, 1.54) is 10.8 Å². The van der Waals surface area contributed by atoms with Gasteiger partial charge in [0.1, 0.15) is 11.2 Å². The molecule has 4 aromatic heterocycles. The number of pyridine rings is 2. The van der Waals surface area contributed by atoms with Gasteiger partial charge in [-0.3, -0.25) is 0 Å². The van der Waals surface area contributed by atoms with Crippen molar-refractivity contribution in [1.82, 2.24) is 14.5 Å². The molecule has 6 aromatic carbocycles. The number of aromatic nitrogens is 3. The van der Waals surface area contributed by atoms with E-state index < -0.39 is 0 Å². The van der Waals surface area contributed by atoms with Crippen LogP contribution >= 0.6 is 0 Å². The molecule has 0 bridgehead atoms. The molecule has 5 heteroatoms. The molecule has 0 aliphatic carbocycles. The molecular weight excluding hydrogens is 803 g/mol. The number of benzene rings is 6. The minimum atomic E-state index is 0. The molecule has 10 aromatic rings. The number of fused-ring (bicyclic) bond motifs is 6. The summed E-state index contributed by atoms with van der Waals surface area (Å²) in [5, 5.41) is 4.64. The number of hydrogen-bond donors (Lipinski definition) is 0. The van der Waals surface area contributed by atoms with Gasteiger partial charge in [0.25, 0.3) is 0 Å². The van der Waals surface area contributed by atoms with Crippen molar-refractivity contribution in [3.05, 3.63) is 188 Å². The van der Waals surface area contributed by atoms with Gasteiger partial charge in [-0.05, 0) is 59.4 Å². The van der Waals surface area contributed by atoms with E-state index in [1.807, 2.05) is 85.1 Å². The standard InChI is InChI=1S/C35H21N2O.C11H8N.Ir/c1-3-11-23(12-4-1)30-21-24(19-20-36-30)33-34-28(22-29-27-16-8-10-18-32(27)38-35(29)33)26-15-7-9-17-31(26)37(34)25-13-5-2-6-14-25;1-2-6-10(7-3-1)11-8-4-5-9-12-11;/h1-11,13-22H;1-6,8-9H;/q2*-1;. The van der Waals surface area contributed by atoms with Crippen molar-refractivity contribution in [3.8, 4) is 39.3 Å². The predicted octanol–water partition coefficient (Wildman–Crippen LogP) is 11.8. The summed E-state index contributed by atoms with van der Waals surface area (Å²) in [7, 11) is 0. The normalized spacial score (nSPS) is 11.0. The Bertz CT molecular complexity index is 2700. The summed E-state index contributed by atoms with van der Waals surface area (Å²) < 4.78 is 9.00. The first kappa shape index (κ1) is 32.1. The molecule has 0 N–H and O–H groups in total. The van der Waals surface area contributed by atoms with Crippen LogP contribution in [0.15, 0.2) is 181 Å². The monoisotopic (exact) mass is 832 g/mol. The van der Waals surface area contributed by atoms with Crippen molar-refractivity contribution in [3.63, 3.8) is 0 Å². The molecule has 0 unspecified atom stereocenters. The zero-order valence-corrected chi connectivity index (χ0v) is 29.7. The maximum absolute atomic E-state index is 6.64. The van der Waals surface area contributed by atoms with E-state index in [2.05, 4.69) is 107 Å². The zero-order valence-electron chi connectivity index (χ0n) is 27.3. The first-order valence-corrected chi connectivity index (χ1v) is 16.6. The second kappa shape index (κ2) is 14.0. The van der Waals surface area contributed by atoms with Crippen LogP contribution in [0.2, 0.25) is 0 Å². The fourth-order valence-electron chi connectivity index (χ4n) is 6.78. The van der Waals surface area contributed by atoms with E-state index in [0.29, 0.717) is 0 Å². The van der Waals surface area contributed by atoms with Gasteiger partial charge in [0.05, 0.1) is 11.0 Å². The van der Waals surface area contributed by atoms with E-state index in [0.717, 1.165) is 72.3 Å². The summed E-state index contributed by atoms with van der Waals surface area (Å²) >= 11 is 0. The molecule has 0 saturated heterocycles. The maximum Gasteiger partial charge on any atom is 0.145 e. The van der Waals surface area contributed by atoms with Crippen LogP contribution in [0, 0.1) is 12.1 Å². The average molecular weight is 832 g/mol. The van der Waals surface area contributed by atoms with Gasteiger partial charge in [-0.15, -0.1) is 71.8 Å². The quantitative estimate of drug-likeness (QED) is 0.166. The Hall–Kier alpha value is -6.13. The summed E-state index contributed by atoms with van der Waals surface area (Å²) in [6.45, 7) is 0. The number of furan rings is 1. The van der Waals surface area contributed by atoms with Crippen molar-refractivity contribution in [2.75, 3.05) is 0 Å². The smallest absolute Gasteiger partial charge is 0.145 e. The van der Waals surface area contributed by atoms with Gasteiger partial charge < -0.3 is 19.0 Å². The Morgan fingerprint density at radius 3 is 1.92 bits per heavy atom. The molecular formula is C46H29IrN3O-2. The average Bonchev–Trinajstić information content (AvgIpc) is 3.74. The van der Waals surface area contributed by atoms with E-state index in [-0.39, 0.29) is 20.1 Å². The van der Waals surface area contributed by atoms with Crippen molar-refractivity contribution in [2.24, 2.45) is 0 Å². The Morgan fingerprint density at radius 1 is 0.510 bits per heavy atom. The second-order valence-electron chi connectivity index (χ2n) is 12.0. The van der Waals surface area contributed by atoms with E-state index >= 15 is 0 Å². The molecule has 4 heterocycles. The van der Waals surface area contributed by atoms with Crippen molar-refractivity contribution in [2.45, 2.75) is 0 Å². The third-order valence-electron chi connectivity index (χ3n) is 9.00. The molecule has 10 rings (SSSR count). The third kappa shape index (κ3) is 5.93. The molecule has 0 saturated carbocycles. The minimum absolute atomic E-state index is 0. The van der Waals surface area contributed by atoms with E-state index in [4.69, 9.17) is 9.40 Å². The van der Waals surface area contributed by atoms with Crippen LogP contribution in [0.5, 0.6) is 0 Å². The largest absolute Gasteiger partial charge is 0.455 e. The fourth-order valence-corrected chi connectivity index (χ4v) is 6.78.